The number of furan rings is 1. The van der Waals surface area contributed by atoms with Gasteiger partial charge in [0.1, 0.15) is 11.2 Å². The van der Waals surface area contributed by atoms with Crippen molar-refractivity contribution in [2.24, 2.45) is 0 Å². The van der Waals surface area contributed by atoms with Gasteiger partial charge in [-0.2, -0.15) is 0 Å². The zero-order valence-corrected chi connectivity index (χ0v) is 44.7. The molecular formula is C66H65BN2OS. The van der Waals surface area contributed by atoms with E-state index in [2.05, 4.69) is 207 Å². The lowest BCUT2D eigenvalue weighted by atomic mass is 9.36. The molecule has 5 heterocycles. The van der Waals surface area contributed by atoms with Gasteiger partial charge in [-0.1, -0.05) is 119 Å². The second kappa shape index (κ2) is 13.2. The molecule has 71 heavy (non-hydrogen) atoms. The van der Waals surface area contributed by atoms with E-state index in [1.54, 1.807) is 0 Å². The summed E-state index contributed by atoms with van der Waals surface area (Å²) in [4.78, 5) is 2.77. The SMILES string of the molecule is CC1(C)CCC(C)(C)c2cc(N3c4cc5cc6c4B(c4cc7c(cc4-n6c4cccc6oc8cc9cccc5c9cc8c64)C(C)(C)CCC7(C)C)c4sc5cc6c(cc5c43)C(C)(C)CCC6(C)C)ccc21. The van der Waals surface area contributed by atoms with Gasteiger partial charge in [-0.25, -0.2) is 0 Å². The Hall–Kier alpha value is -5.78. The number of fused-ring (bicyclic) bond motifs is 13. The first-order valence-corrected chi connectivity index (χ1v) is 27.6. The molecular weight excluding hydrogens is 880 g/mol. The zero-order chi connectivity index (χ0) is 48.8. The molecule has 354 valence electrons. The number of nitrogens with zero attached hydrogens (tertiary/aromatic N) is 2. The summed E-state index contributed by atoms with van der Waals surface area (Å²) < 4.78 is 12.5. The van der Waals surface area contributed by atoms with E-state index in [0.29, 0.717) is 0 Å². The monoisotopic (exact) mass is 944 g/mol. The van der Waals surface area contributed by atoms with Gasteiger partial charge in [0.2, 0.25) is 0 Å². The fraction of sp³-hybridized carbons (Fsp3) is 0.364. The third kappa shape index (κ3) is 5.52. The molecule has 10 aromatic rings. The molecule has 0 saturated carbocycles. The molecule has 2 aliphatic heterocycles. The molecule has 15 rings (SSSR count). The average molecular weight is 945 g/mol. The summed E-state index contributed by atoms with van der Waals surface area (Å²) in [7, 11) is 0. The van der Waals surface area contributed by atoms with E-state index < -0.39 is 0 Å². The second-order valence-corrected chi connectivity index (χ2v) is 27.9. The number of benzene rings is 7. The van der Waals surface area contributed by atoms with Crippen LogP contribution in [0.1, 0.15) is 155 Å². The summed E-state index contributed by atoms with van der Waals surface area (Å²) >= 11 is 2.08. The highest BCUT2D eigenvalue weighted by Crippen LogP contribution is 2.55. The fourth-order valence-electron chi connectivity index (χ4n) is 15.0. The van der Waals surface area contributed by atoms with Crippen molar-refractivity contribution in [3.8, 4) is 5.69 Å². The summed E-state index contributed by atoms with van der Waals surface area (Å²) in [6.07, 6.45) is 7.08. The van der Waals surface area contributed by atoms with Gasteiger partial charge in [0, 0.05) is 42.8 Å². The van der Waals surface area contributed by atoms with Crippen molar-refractivity contribution >= 4 is 115 Å². The highest BCUT2D eigenvalue weighted by atomic mass is 32.1. The van der Waals surface area contributed by atoms with Crippen LogP contribution in [-0.2, 0) is 32.5 Å². The van der Waals surface area contributed by atoms with Crippen molar-refractivity contribution in [3.63, 3.8) is 0 Å². The minimum atomic E-state index is 0.0290. The smallest absolute Gasteiger partial charge is 0.264 e. The minimum Gasteiger partial charge on any atom is -0.456 e. The molecule has 3 aliphatic carbocycles. The zero-order valence-electron chi connectivity index (χ0n) is 43.8. The van der Waals surface area contributed by atoms with E-state index in [-0.39, 0.29) is 39.2 Å². The van der Waals surface area contributed by atoms with Crippen LogP contribution in [0.3, 0.4) is 0 Å². The molecule has 5 aliphatic rings. The molecule has 0 unspecified atom stereocenters. The Balaban J connectivity index is 1.18. The molecule has 4 bridgehead atoms. The average Bonchev–Trinajstić information content (AvgIpc) is 3.90. The maximum atomic E-state index is 6.89. The molecule has 0 spiro atoms. The molecule has 0 saturated heterocycles. The Morgan fingerprint density at radius 3 is 1.79 bits per heavy atom. The molecule has 0 amide bonds. The van der Waals surface area contributed by atoms with Crippen LogP contribution in [-0.4, -0.2) is 11.3 Å². The molecule has 5 heteroatoms. The van der Waals surface area contributed by atoms with Gasteiger partial charge in [0.25, 0.3) is 6.71 Å². The molecule has 0 radical (unpaired) electrons. The van der Waals surface area contributed by atoms with Crippen LogP contribution in [0.5, 0.6) is 0 Å². The standard InChI is InChI=1S/C66H65BN2OS/c1-61(2)21-22-62(3,4)44-30-38(19-20-43(44)61)68-52-27-37-28-53-58(52)67(60-59(68)42-32-45-48(35-56(42)71-60)66(11,12)26-23-63(45,5)6)49-33-46-47(65(9,10)25-24-64(46,7)8)34-51(49)69(53)50-17-14-18-54-57(50)41-31-40-36(29-55(41)70-54)15-13-16-39(37)40/h13-20,27-35H,21-26H2,1-12H3. The summed E-state index contributed by atoms with van der Waals surface area (Å²) in [5.41, 5.74) is 21.9. The Bertz CT molecular complexity index is 4090. The first-order chi connectivity index (χ1) is 33.6. The number of anilines is 3. The number of hydrogen-bond donors (Lipinski definition) is 0. The second-order valence-electron chi connectivity index (χ2n) is 26.9. The maximum Gasteiger partial charge on any atom is 0.264 e. The third-order valence-corrected chi connectivity index (χ3v) is 20.9. The van der Waals surface area contributed by atoms with Crippen LogP contribution >= 0.6 is 11.3 Å². The Labute approximate surface area is 423 Å². The highest BCUT2D eigenvalue weighted by molar-refractivity contribution is 7.33. The van der Waals surface area contributed by atoms with E-state index in [9.17, 15) is 0 Å². The predicted octanol–water partition coefficient (Wildman–Crippen LogP) is 16.7. The first kappa shape index (κ1) is 42.9. The summed E-state index contributed by atoms with van der Waals surface area (Å²) in [6, 6.07) is 41.9. The van der Waals surface area contributed by atoms with Crippen molar-refractivity contribution < 1.29 is 4.42 Å². The van der Waals surface area contributed by atoms with Crippen molar-refractivity contribution in [1.29, 1.82) is 0 Å². The van der Waals surface area contributed by atoms with Gasteiger partial charge >= 0.3 is 0 Å². The predicted molar refractivity (Wildman–Crippen MR) is 306 cm³/mol. The maximum absolute atomic E-state index is 6.89. The topological polar surface area (TPSA) is 21.3 Å². The van der Waals surface area contributed by atoms with Gasteiger partial charge in [-0.3, -0.25) is 0 Å². The number of aromatic nitrogens is 1. The lowest BCUT2D eigenvalue weighted by Crippen LogP contribution is -2.60. The summed E-state index contributed by atoms with van der Waals surface area (Å²) in [5, 5.41) is 8.75. The largest absolute Gasteiger partial charge is 0.456 e. The van der Waals surface area contributed by atoms with Gasteiger partial charge in [0.05, 0.1) is 16.6 Å². The highest BCUT2D eigenvalue weighted by Gasteiger charge is 2.48. The molecule has 3 aromatic heterocycles. The van der Waals surface area contributed by atoms with Crippen LogP contribution in [0.4, 0.5) is 17.1 Å². The van der Waals surface area contributed by atoms with Crippen molar-refractivity contribution in [3.05, 3.63) is 137 Å². The molecule has 3 nitrogen and oxygen atoms in total. The van der Waals surface area contributed by atoms with Gasteiger partial charge in [0.15, 0.2) is 0 Å². The Kier molecular flexibility index (Phi) is 8.00. The van der Waals surface area contributed by atoms with Crippen LogP contribution in [0.15, 0.2) is 108 Å². The molecule has 7 aromatic carbocycles. The van der Waals surface area contributed by atoms with Gasteiger partial charge in [-0.15, -0.1) is 11.3 Å². The van der Waals surface area contributed by atoms with E-state index >= 15 is 0 Å². The van der Waals surface area contributed by atoms with Crippen LogP contribution < -0.4 is 20.6 Å². The van der Waals surface area contributed by atoms with Crippen LogP contribution in [0.2, 0.25) is 0 Å². The third-order valence-electron chi connectivity index (χ3n) is 19.7. The van der Waals surface area contributed by atoms with Crippen molar-refractivity contribution in [2.45, 2.75) is 154 Å². The van der Waals surface area contributed by atoms with E-state index in [4.69, 9.17) is 4.42 Å². The molecule has 0 fully saturated rings. The lowest BCUT2D eigenvalue weighted by Gasteiger charge is -2.45. The van der Waals surface area contributed by atoms with Crippen molar-refractivity contribution in [1.82, 2.24) is 4.57 Å². The fourth-order valence-corrected chi connectivity index (χ4v) is 16.4. The first-order valence-electron chi connectivity index (χ1n) is 26.7. The number of thiophene rings is 1. The number of hydrogen-bond acceptors (Lipinski definition) is 3. The van der Waals surface area contributed by atoms with E-state index in [1.165, 1.54) is 157 Å². The normalized spacial score (nSPS) is 20.4. The van der Waals surface area contributed by atoms with Gasteiger partial charge in [-0.05, 0) is 204 Å². The van der Waals surface area contributed by atoms with E-state index in [1.807, 2.05) is 0 Å². The lowest BCUT2D eigenvalue weighted by molar-refractivity contribution is 0.332. The quantitative estimate of drug-likeness (QED) is 0.153. The molecule has 0 N–H and O–H groups in total. The Morgan fingerprint density at radius 1 is 0.465 bits per heavy atom. The number of rotatable bonds is 1. The molecule has 0 atom stereocenters. The van der Waals surface area contributed by atoms with Crippen LogP contribution in [0, 0.1) is 0 Å². The van der Waals surface area contributed by atoms with Crippen molar-refractivity contribution in [2.75, 3.05) is 4.90 Å². The Morgan fingerprint density at radius 2 is 1.08 bits per heavy atom. The summed E-state index contributed by atoms with van der Waals surface area (Å²) in [5.74, 6) is 0. The summed E-state index contributed by atoms with van der Waals surface area (Å²) in [6.45, 7) is 29.9. The van der Waals surface area contributed by atoms with Gasteiger partial charge < -0.3 is 13.9 Å². The van der Waals surface area contributed by atoms with Crippen LogP contribution in [0.25, 0.3) is 70.3 Å². The minimum absolute atomic E-state index is 0.0290. The van der Waals surface area contributed by atoms with E-state index in [0.717, 1.165) is 17.6 Å².